The Morgan fingerprint density at radius 3 is 2.29 bits per heavy atom. The van der Waals surface area contributed by atoms with Crippen LogP contribution in [0.3, 0.4) is 0 Å². The summed E-state index contributed by atoms with van der Waals surface area (Å²) in [6, 6.07) is 12.1. The molecular formula is C16H17O4P. The molecule has 2 aromatic rings. The molecule has 0 aliphatic rings. The van der Waals surface area contributed by atoms with Crippen LogP contribution in [0, 0.1) is 20.8 Å². The molecule has 2 aromatic carbocycles. The zero-order valence-corrected chi connectivity index (χ0v) is 13.2. The third-order valence-corrected chi connectivity index (χ3v) is 4.15. The van der Waals surface area contributed by atoms with Gasteiger partial charge < -0.3 is 9.05 Å². The average molecular weight is 304 g/mol. The molecule has 21 heavy (non-hydrogen) atoms. The van der Waals surface area contributed by atoms with E-state index in [-0.39, 0.29) is 0 Å². The Hall–Kier alpha value is -2.06. The van der Waals surface area contributed by atoms with Crippen LogP contribution in [0.2, 0.25) is 0 Å². The van der Waals surface area contributed by atoms with Crippen molar-refractivity contribution in [3.8, 4) is 5.75 Å². The maximum atomic E-state index is 12.1. The fraction of sp³-hybridized carbons (Fsp3) is 0.188. The van der Waals surface area contributed by atoms with E-state index in [9.17, 15) is 9.36 Å². The van der Waals surface area contributed by atoms with Crippen LogP contribution in [0.4, 0.5) is 0 Å². The molecular weight excluding hydrogens is 287 g/mol. The molecule has 0 aliphatic heterocycles. The van der Waals surface area contributed by atoms with Crippen LogP contribution in [0.5, 0.6) is 5.75 Å². The van der Waals surface area contributed by atoms with Crippen LogP contribution < -0.4 is 4.52 Å². The molecule has 0 fully saturated rings. The quantitative estimate of drug-likeness (QED) is 0.793. The number of carbonyl (C=O) groups is 1. The van der Waals surface area contributed by atoms with Crippen LogP contribution in [0.15, 0.2) is 42.5 Å². The second-order valence-electron chi connectivity index (χ2n) is 4.73. The molecule has 0 bridgehead atoms. The first-order valence-corrected chi connectivity index (χ1v) is 7.77. The van der Waals surface area contributed by atoms with Crippen molar-refractivity contribution in [3.63, 3.8) is 0 Å². The smallest absolute Gasteiger partial charge is 0.418 e. The normalized spacial score (nSPS) is 11.8. The Labute approximate surface area is 124 Å². The number of hydrogen-bond donors (Lipinski definition) is 0. The second-order valence-corrected chi connectivity index (χ2v) is 5.64. The van der Waals surface area contributed by atoms with Crippen LogP contribution in [0.1, 0.15) is 27.0 Å². The molecule has 5 heteroatoms. The van der Waals surface area contributed by atoms with Crippen molar-refractivity contribution in [2.24, 2.45) is 0 Å². The lowest BCUT2D eigenvalue weighted by atomic mass is 9.99. The van der Waals surface area contributed by atoms with Gasteiger partial charge in [0.25, 0.3) is 0 Å². The molecule has 4 nitrogen and oxygen atoms in total. The topological polar surface area (TPSA) is 52.6 Å². The lowest BCUT2D eigenvalue weighted by Crippen LogP contribution is -2.05. The Bertz CT molecular complexity index is 680. The molecule has 0 spiro atoms. The minimum absolute atomic E-state index is 0.408. The van der Waals surface area contributed by atoms with Gasteiger partial charge in [-0.1, -0.05) is 24.3 Å². The molecule has 1 unspecified atom stereocenters. The molecule has 110 valence electrons. The van der Waals surface area contributed by atoms with E-state index in [4.69, 9.17) is 9.05 Å². The molecule has 0 aliphatic carbocycles. The summed E-state index contributed by atoms with van der Waals surface area (Å²) >= 11 is 0. The van der Waals surface area contributed by atoms with Crippen molar-refractivity contribution in [3.05, 3.63) is 64.7 Å². The summed E-state index contributed by atoms with van der Waals surface area (Å²) in [5.41, 5.74) is 3.35. The zero-order chi connectivity index (χ0) is 15.4. The van der Waals surface area contributed by atoms with Crippen molar-refractivity contribution >= 4 is 14.2 Å². The molecule has 0 saturated carbocycles. The number of aryl methyl sites for hydroxylation is 1. The summed E-state index contributed by atoms with van der Waals surface area (Å²) in [5, 5.41) is 0. The highest BCUT2D eigenvalue weighted by Crippen LogP contribution is 2.30. The third kappa shape index (κ3) is 3.73. The summed E-state index contributed by atoms with van der Waals surface area (Å²) < 4.78 is 21.8. The minimum Gasteiger partial charge on any atom is -0.418 e. The SMILES string of the molecule is Cc1ccc(C(=O)O[PH](=O)Oc2ccccc2)c(C)c1C. The van der Waals surface area contributed by atoms with Gasteiger partial charge in [0.15, 0.2) is 0 Å². The molecule has 0 saturated heterocycles. The van der Waals surface area contributed by atoms with Gasteiger partial charge >= 0.3 is 14.2 Å². The number of benzene rings is 2. The van der Waals surface area contributed by atoms with Crippen LogP contribution in [-0.4, -0.2) is 5.97 Å². The molecule has 0 radical (unpaired) electrons. The van der Waals surface area contributed by atoms with E-state index >= 15 is 0 Å². The predicted molar refractivity (Wildman–Crippen MR) is 82.1 cm³/mol. The highest BCUT2D eigenvalue weighted by Gasteiger charge is 2.16. The summed E-state index contributed by atoms with van der Waals surface area (Å²) in [4.78, 5) is 12.1. The molecule has 0 aromatic heterocycles. The van der Waals surface area contributed by atoms with Crippen LogP contribution >= 0.6 is 8.25 Å². The van der Waals surface area contributed by atoms with Gasteiger partial charge in [0.05, 0.1) is 5.56 Å². The van der Waals surface area contributed by atoms with Gasteiger partial charge in [0.2, 0.25) is 0 Å². The highest BCUT2D eigenvalue weighted by molar-refractivity contribution is 7.34. The summed E-state index contributed by atoms with van der Waals surface area (Å²) in [6.07, 6.45) is 0. The van der Waals surface area contributed by atoms with Crippen molar-refractivity contribution in [1.29, 1.82) is 0 Å². The van der Waals surface area contributed by atoms with Crippen molar-refractivity contribution in [2.75, 3.05) is 0 Å². The van der Waals surface area contributed by atoms with Gasteiger partial charge in [-0.15, -0.1) is 0 Å². The number of carbonyl (C=O) groups excluding carboxylic acids is 1. The molecule has 2 rings (SSSR count). The number of para-hydroxylation sites is 1. The summed E-state index contributed by atoms with van der Waals surface area (Å²) in [7, 11) is -2.93. The Balaban J connectivity index is 2.08. The maximum Gasteiger partial charge on any atom is 0.421 e. The Kier molecular flexibility index (Phi) is 4.81. The first kappa shape index (κ1) is 15.3. The van der Waals surface area contributed by atoms with E-state index in [1.807, 2.05) is 32.9 Å². The fourth-order valence-electron chi connectivity index (χ4n) is 1.91. The average Bonchev–Trinajstić information content (AvgIpc) is 2.45. The molecule has 1 atom stereocenters. The monoisotopic (exact) mass is 304 g/mol. The third-order valence-electron chi connectivity index (χ3n) is 3.40. The first-order chi connectivity index (χ1) is 9.99. The maximum absolute atomic E-state index is 12.1. The lowest BCUT2D eigenvalue weighted by molar-refractivity contribution is 0.0732. The molecule has 0 amide bonds. The Morgan fingerprint density at radius 2 is 1.62 bits per heavy atom. The van der Waals surface area contributed by atoms with Gasteiger partial charge in [-0.25, -0.2) is 9.36 Å². The second kappa shape index (κ2) is 6.59. The standard InChI is InChI=1S/C16H17O4P/c1-11-9-10-15(13(3)12(11)2)16(17)20-21(18)19-14-7-5-4-6-8-14/h4-10,21H,1-3H3. The van der Waals surface area contributed by atoms with Crippen LogP contribution in [0.25, 0.3) is 0 Å². The largest absolute Gasteiger partial charge is 0.421 e. The van der Waals surface area contributed by atoms with E-state index in [1.54, 1.807) is 30.3 Å². The minimum atomic E-state index is -2.93. The van der Waals surface area contributed by atoms with Gasteiger partial charge in [0.1, 0.15) is 5.75 Å². The van der Waals surface area contributed by atoms with E-state index < -0.39 is 14.2 Å². The van der Waals surface area contributed by atoms with E-state index in [1.165, 1.54) is 0 Å². The van der Waals surface area contributed by atoms with Gasteiger partial charge in [-0.05, 0) is 55.7 Å². The van der Waals surface area contributed by atoms with Crippen molar-refractivity contribution in [2.45, 2.75) is 20.8 Å². The van der Waals surface area contributed by atoms with Gasteiger partial charge in [-0.3, -0.25) is 0 Å². The van der Waals surface area contributed by atoms with Crippen molar-refractivity contribution in [1.82, 2.24) is 0 Å². The molecule has 0 heterocycles. The zero-order valence-electron chi connectivity index (χ0n) is 12.2. The Morgan fingerprint density at radius 1 is 0.952 bits per heavy atom. The summed E-state index contributed by atoms with van der Waals surface area (Å²) in [6.45, 7) is 5.75. The van der Waals surface area contributed by atoms with E-state index in [2.05, 4.69) is 0 Å². The number of hydrogen-bond acceptors (Lipinski definition) is 4. The number of rotatable bonds is 4. The van der Waals surface area contributed by atoms with Crippen LogP contribution in [-0.2, 0) is 9.09 Å². The van der Waals surface area contributed by atoms with E-state index in [0.29, 0.717) is 11.3 Å². The lowest BCUT2D eigenvalue weighted by Gasteiger charge is -2.11. The van der Waals surface area contributed by atoms with Gasteiger partial charge in [0, 0.05) is 0 Å². The van der Waals surface area contributed by atoms with E-state index in [0.717, 1.165) is 16.7 Å². The highest BCUT2D eigenvalue weighted by atomic mass is 31.1. The van der Waals surface area contributed by atoms with Gasteiger partial charge in [-0.2, -0.15) is 0 Å². The summed E-state index contributed by atoms with van der Waals surface area (Å²) in [5.74, 6) is -0.221. The molecule has 0 N–H and O–H groups in total. The first-order valence-electron chi connectivity index (χ1n) is 6.55. The van der Waals surface area contributed by atoms with Crippen molar-refractivity contribution < 1.29 is 18.4 Å². The fourth-order valence-corrected chi connectivity index (χ4v) is 2.55. The predicted octanol–water partition coefficient (Wildman–Crippen LogP) is 4.24.